The van der Waals surface area contributed by atoms with Gasteiger partial charge in [0.15, 0.2) is 0 Å². The zero-order valence-electron chi connectivity index (χ0n) is 5.56. The van der Waals surface area contributed by atoms with E-state index in [9.17, 15) is 4.79 Å². The number of carbonyl (C=O) groups excluding carboxylic acids is 1. The molecular weight excluding hydrogens is 177 g/mol. The van der Waals surface area contributed by atoms with Gasteiger partial charge in [-0.3, -0.25) is 0 Å². The summed E-state index contributed by atoms with van der Waals surface area (Å²) in [6.07, 6.45) is -0.539. The molecule has 0 aromatic heterocycles. The van der Waals surface area contributed by atoms with E-state index in [1.807, 2.05) is 0 Å². The van der Waals surface area contributed by atoms with Gasteiger partial charge in [0, 0.05) is 0 Å². The Kier molecular flexibility index (Phi) is 5.54. The Morgan fingerprint density at radius 1 is 1.80 bits per heavy atom. The molecule has 1 amide bonds. The normalized spacial score (nSPS) is 12.3. The molecular formula is C5H9Cl2NO2. The van der Waals surface area contributed by atoms with Gasteiger partial charge >= 0.3 is 6.09 Å². The number of hydrogen-bond acceptors (Lipinski definition) is 2. The van der Waals surface area contributed by atoms with Crippen LogP contribution < -0.4 is 5.32 Å². The first-order valence-electron chi connectivity index (χ1n) is 2.84. The molecule has 1 N–H and O–H groups in total. The summed E-state index contributed by atoms with van der Waals surface area (Å²) in [6.45, 7) is 2.04. The molecule has 0 aliphatic rings. The predicted octanol–water partition coefficient (Wildman–Crippen LogP) is 1.54. The Balaban J connectivity index is 3.37. The van der Waals surface area contributed by atoms with E-state index in [0.717, 1.165) is 0 Å². The van der Waals surface area contributed by atoms with E-state index in [-0.39, 0.29) is 5.88 Å². The number of carbonyl (C=O) groups is 1. The third-order valence-electron chi connectivity index (χ3n) is 0.685. The second-order valence-corrected chi connectivity index (χ2v) is 2.32. The first-order chi connectivity index (χ1) is 4.70. The highest BCUT2D eigenvalue weighted by atomic mass is 35.5. The first kappa shape index (κ1) is 9.85. The van der Waals surface area contributed by atoms with E-state index in [2.05, 4.69) is 10.1 Å². The topological polar surface area (TPSA) is 38.3 Å². The van der Waals surface area contributed by atoms with E-state index in [4.69, 9.17) is 23.2 Å². The third kappa shape index (κ3) is 4.70. The van der Waals surface area contributed by atoms with Crippen LogP contribution in [-0.2, 0) is 4.74 Å². The molecule has 0 aliphatic heterocycles. The molecule has 0 heterocycles. The Labute approximate surface area is 69.6 Å². The lowest BCUT2D eigenvalue weighted by molar-refractivity contribution is 0.151. The molecule has 0 bridgehead atoms. The molecule has 0 fully saturated rings. The molecule has 0 spiro atoms. The number of nitrogens with one attached hydrogen (secondary N) is 1. The summed E-state index contributed by atoms with van der Waals surface area (Å²) in [4.78, 5) is 10.5. The molecule has 0 radical (unpaired) electrons. The molecule has 5 heteroatoms. The number of hydrogen-bond donors (Lipinski definition) is 1. The van der Waals surface area contributed by atoms with Gasteiger partial charge in [-0.25, -0.2) is 4.79 Å². The molecule has 1 atom stereocenters. The summed E-state index contributed by atoms with van der Waals surface area (Å²) in [5.41, 5.74) is -0.555. The minimum atomic E-state index is -0.555. The van der Waals surface area contributed by atoms with Gasteiger partial charge in [-0.1, -0.05) is 11.6 Å². The lowest BCUT2D eigenvalue weighted by Gasteiger charge is -2.07. The fourth-order valence-electron chi connectivity index (χ4n) is 0.339. The molecule has 0 aromatic rings. The predicted molar refractivity (Wildman–Crippen MR) is 40.5 cm³/mol. The highest BCUT2D eigenvalue weighted by Gasteiger charge is 2.06. The van der Waals surface area contributed by atoms with E-state index >= 15 is 0 Å². The summed E-state index contributed by atoms with van der Waals surface area (Å²) in [6, 6.07) is 0. The van der Waals surface area contributed by atoms with E-state index in [1.54, 1.807) is 6.92 Å². The van der Waals surface area contributed by atoms with Crippen LogP contribution in [0, 0.1) is 0 Å². The van der Waals surface area contributed by atoms with Crippen molar-refractivity contribution in [1.82, 2.24) is 5.32 Å². The van der Waals surface area contributed by atoms with Gasteiger partial charge in [0.05, 0.1) is 12.5 Å². The van der Waals surface area contributed by atoms with Crippen molar-refractivity contribution in [2.24, 2.45) is 0 Å². The lowest BCUT2D eigenvalue weighted by atomic mass is 10.7. The molecule has 0 aliphatic carbocycles. The number of ether oxygens (including phenoxy) is 1. The highest BCUT2D eigenvalue weighted by molar-refractivity contribution is 6.28. The van der Waals surface area contributed by atoms with Crippen LogP contribution in [0.3, 0.4) is 0 Å². The maximum Gasteiger partial charge on any atom is 0.408 e. The monoisotopic (exact) mass is 185 g/mol. The minimum absolute atomic E-state index is 0.167. The largest absolute Gasteiger partial charge is 0.450 e. The van der Waals surface area contributed by atoms with Crippen LogP contribution >= 0.6 is 23.2 Å². The smallest absolute Gasteiger partial charge is 0.408 e. The van der Waals surface area contributed by atoms with Crippen LogP contribution in [0.15, 0.2) is 0 Å². The van der Waals surface area contributed by atoms with Gasteiger partial charge in [-0.15, -0.1) is 11.6 Å². The molecule has 10 heavy (non-hydrogen) atoms. The van der Waals surface area contributed by atoms with Gasteiger partial charge in [-0.2, -0.15) is 0 Å². The standard InChI is InChI=1S/C5H9Cl2NO2/c1-2-10-5(9)8-4(7)3-6/h4H,2-3H2,1H3,(H,8,9). The molecule has 0 rings (SSSR count). The fourth-order valence-corrected chi connectivity index (χ4v) is 0.505. The third-order valence-corrected chi connectivity index (χ3v) is 1.42. The summed E-state index contributed by atoms with van der Waals surface area (Å²) in [5, 5.41) is 2.30. The molecule has 0 saturated carbocycles. The van der Waals surface area contributed by atoms with Crippen LogP contribution in [0.5, 0.6) is 0 Å². The Bertz CT molecular complexity index is 110. The van der Waals surface area contributed by atoms with Crippen LogP contribution in [0.4, 0.5) is 4.79 Å². The molecule has 60 valence electrons. The Morgan fingerprint density at radius 3 is 2.80 bits per heavy atom. The van der Waals surface area contributed by atoms with Crippen molar-refractivity contribution in [3.05, 3.63) is 0 Å². The fraction of sp³-hybridized carbons (Fsp3) is 0.800. The van der Waals surface area contributed by atoms with Gasteiger partial charge in [0.1, 0.15) is 5.50 Å². The second-order valence-electron chi connectivity index (χ2n) is 1.49. The Morgan fingerprint density at radius 2 is 2.40 bits per heavy atom. The molecule has 1 unspecified atom stereocenters. The number of halogens is 2. The van der Waals surface area contributed by atoms with Gasteiger partial charge < -0.3 is 10.1 Å². The van der Waals surface area contributed by atoms with Crippen molar-refractivity contribution in [3.63, 3.8) is 0 Å². The Hall–Kier alpha value is -0.150. The zero-order chi connectivity index (χ0) is 7.98. The van der Waals surface area contributed by atoms with Crippen LogP contribution in [0.25, 0.3) is 0 Å². The lowest BCUT2D eigenvalue weighted by Crippen LogP contribution is -2.32. The molecule has 3 nitrogen and oxygen atoms in total. The van der Waals surface area contributed by atoms with Crippen molar-refractivity contribution in [3.8, 4) is 0 Å². The van der Waals surface area contributed by atoms with Crippen molar-refractivity contribution in [2.45, 2.75) is 12.4 Å². The average Bonchev–Trinajstić information content (AvgIpc) is 1.88. The van der Waals surface area contributed by atoms with Gasteiger partial charge in [0.2, 0.25) is 0 Å². The minimum Gasteiger partial charge on any atom is -0.450 e. The van der Waals surface area contributed by atoms with Crippen LogP contribution in [0.1, 0.15) is 6.92 Å². The van der Waals surface area contributed by atoms with Crippen molar-refractivity contribution in [2.75, 3.05) is 12.5 Å². The second kappa shape index (κ2) is 5.62. The summed E-state index contributed by atoms with van der Waals surface area (Å²) in [7, 11) is 0. The zero-order valence-corrected chi connectivity index (χ0v) is 7.08. The SMILES string of the molecule is CCOC(=O)NC(Cl)CCl. The van der Waals surface area contributed by atoms with Crippen LogP contribution in [-0.4, -0.2) is 24.1 Å². The number of alkyl carbamates (subject to hydrolysis) is 1. The summed E-state index contributed by atoms with van der Waals surface area (Å²) < 4.78 is 4.52. The van der Waals surface area contributed by atoms with Gasteiger partial charge in [-0.05, 0) is 6.92 Å². The first-order valence-corrected chi connectivity index (χ1v) is 3.81. The van der Waals surface area contributed by atoms with Crippen molar-refractivity contribution in [1.29, 1.82) is 0 Å². The number of rotatable bonds is 3. The quantitative estimate of drug-likeness (QED) is 0.536. The molecule has 0 saturated heterocycles. The number of amides is 1. The van der Waals surface area contributed by atoms with Crippen molar-refractivity contribution >= 4 is 29.3 Å². The van der Waals surface area contributed by atoms with Gasteiger partial charge in [0.25, 0.3) is 0 Å². The maximum atomic E-state index is 10.5. The maximum absolute atomic E-state index is 10.5. The van der Waals surface area contributed by atoms with Crippen LogP contribution in [0.2, 0.25) is 0 Å². The summed E-state index contributed by atoms with van der Waals surface area (Å²) >= 11 is 10.7. The number of alkyl halides is 2. The van der Waals surface area contributed by atoms with E-state index in [1.165, 1.54) is 0 Å². The highest BCUT2D eigenvalue weighted by Crippen LogP contribution is 1.93. The van der Waals surface area contributed by atoms with Crippen molar-refractivity contribution < 1.29 is 9.53 Å². The van der Waals surface area contributed by atoms with E-state index in [0.29, 0.717) is 6.61 Å². The van der Waals surface area contributed by atoms with E-state index < -0.39 is 11.6 Å². The average molecular weight is 186 g/mol. The summed E-state index contributed by atoms with van der Waals surface area (Å²) in [5.74, 6) is 0.167. The molecule has 0 aromatic carbocycles.